The molecule has 0 radical (unpaired) electrons. The predicted molar refractivity (Wildman–Crippen MR) is 85.7 cm³/mol. The lowest BCUT2D eigenvalue weighted by Gasteiger charge is -2.14. The van der Waals surface area contributed by atoms with Crippen LogP contribution in [0.1, 0.15) is 34.5 Å². The van der Waals surface area contributed by atoms with Crippen LogP contribution < -0.4 is 5.32 Å². The highest BCUT2D eigenvalue weighted by molar-refractivity contribution is 5.92. The van der Waals surface area contributed by atoms with E-state index in [0.29, 0.717) is 18.1 Å². The number of carbonyl (C=O) groups is 1. The molecule has 1 aromatic heterocycles. The summed E-state index contributed by atoms with van der Waals surface area (Å²) in [6.07, 6.45) is 5.34. The van der Waals surface area contributed by atoms with Crippen molar-refractivity contribution >= 4 is 11.7 Å². The van der Waals surface area contributed by atoms with Gasteiger partial charge in [-0.3, -0.25) is 4.79 Å². The van der Waals surface area contributed by atoms with Gasteiger partial charge >= 0.3 is 0 Å². The number of likely N-dealkylation sites (tertiary alicyclic amines) is 1. The molecule has 5 heteroatoms. The minimum absolute atomic E-state index is 0.0181. The van der Waals surface area contributed by atoms with E-state index in [1.165, 1.54) is 11.1 Å². The van der Waals surface area contributed by atoms with Gasteiger partial charge in [-0.1, -0.05) is 24.3 Å². The quantitative estimate of drug-likeness (QED) is 0.942. The molecule has 22 heavy (non-hydrogen) atoms. The maximum atomic E-state index is 12.2. The Hall–Kier alpha value is -2.43. The Morgan fingerprint density at radius 2 is 1.95 bits per heavy atom. The molecule has 1 fully saturated rings. The van der Waals surface area contributed by atoms with Gasteiger partial charge in [0, 0.05) is 19.6 Å². The summed E-state index contributed by atoms with van der Waals surface area (Å²) < 4.78 is 0. The van der Waals surface area contributed by atoms with Crippen molar-refractivity contribution in [2.24, 2.45) is 0 Å². The van der Waals surface area contributed by atoms with E-state index in [-0.39, 0.29) is 5.91 Å². The maximum Gasteiger partial charge on any atom is 0.274 e. The van der Waals surface area contributed by atoms with Crippen molar-refractivity contribution in [3.8, 4) is 0 Å². The van der Waals surface area contributed by atoms with E-state index >= 15 is 0 Å². The molecule has 1 saturated heterocycles. The van der Waals surface area contributed by atoms with Gasteiger partial charge in [-0.2, -0.15) is 0 Å². The lowest BCUT2D eigenvalue weighted by molar-refractivity contribution is 0.0786. The molecular weight excluding hydrogens is 276 g/mol. The number of benzene rings is 1. The second-order valence-electron chi connectivity index (χ2n) is 5.57. The SMILES string of the molecule is Cc1ccccc1CNc1cnc(C(=O)N2CCCC2)cn1. The number of aromatic nitrogens is 2. The van der Waals surface area contributed by atoms with E-state index < -0.39 is 0 Å². The van der Waals surface area contributed by atoms with E-state index in [4.69, 9.17) is 0 Å². The fourth-order valence-corrected chi connectivity index (χ4v) is 2.61. The molecule has 2 heterocycles. The summed E-state index contributed by atoms with van der Waals surface area (Å²) in [6.45, 7) is 4.43. The van der Waals surface area contributed by atoms with Crippen molar-refractivity contribution in [2.45, 2.75) is 26.3 Å². The van der Waals surface area contributed by atoms with Gasteiger partial charge in [-0.25, -0.2) is 9.97 Å². The van der Waals surface area contributed by atoms with E-state index in [2.05, 4.69) is 34.3 Å². The van der Waals surface area contributed by atoms with Gasteiger partial charge in [0.15, 0.2) is 0 Å². The second kappa shape index (κ2) is 6.56. The number of nitrogens with zero attached hydrogens (tertiary/aromatic N) is 3. The van der Waals surface area contributed by atoms with Crippen molar-refractivity contribution in [1.82, 2.24) is 14.9 Å². The lowest BCUT2D eigenvalue weighted by atomic mass is 10.1. The molecule has 2 aromatic rings. The van der Waals surface area contributed by atoms with Gasteiger partial charge in [0.1, 0.15) is 11.5 Å². The fourth-order valence-electron chi connectivity index (χ4n) is 2.61. The van der Waals surface area contributed by atoms with Crippen LogP contribution in [0.15, 0.2) is 36.7 Å². The molecule has 0 unspecified atom stereocenters. The van der Waals surface area contributed by atoms with Crippen LogP contribution in [0.25, 0.3) is 0 Å². The summed E-state index contributed by atoms with van der Waals surface area (Å²) in [7, 11) is 0. The van der Waals surface area contributed by atoms with Crippen molar-refractivity contribution in [1.29, 1.82) is 0 Å². The smallest absolute Gasteiger partial charge is 0.274 e. The molecule has 3 rings (SSSR count). The summed E-state index contributed by atoms with van der Waals surface area (Å²) in [5.74, 6) is 0.664. The number of hydrogen-bond acceptors (Lipinski definition) is 4. The van der Waals surface area contributed by atoms with Crippen LogP contribution >= 0.6 is 0 Å². The van der Waals surface area contributed by atoms with E-state index in [0.717, 1.165) is 25.9 Å². The Labute approximate surface area is 130 Å². The Kier molecular flexibility index (Phi) is 4.32. The van der Waals surface area contributed by atoms with E-state index in [9.17, 15) is 4.79 Å². The highest BCUT2D eigenvalue weighted by atomic mass is 16.2. The third-order valence-corrected chi connectivity index (χ3v) is 3.99. The van der Waals surface area contributed by atoms with Gasteiger partial charge in [0.2, 0.25) is 0 Å². The number of hydrogen-bond donors (Lipinski definition) is 1. The minimum Gasteiger partial charge on any atom is -0.365 e. The Bertz CT molecular complexity index is 648. The van der Waals surface area contributed by atoms with Crippen LogP contribution in [0.3, 0.4) is 0 Å². The van der Waals surface area contributed by atoms with Crippen LogP contribution in [-0.2, 0) is 6.54 Å². The van der Waals surface area contributed by atoms with Crippen LogP contribution in [0.5, 0.6) is 0 Å². The molecule has 0 saturated carbocycles. The normalized spacial score (nSPS) is 14.1. The van der Waals surface area contributed by atoms with Gasteiger partial charge in [-0.05, 0) is 30.9 Å². The largest absolute Gasteiger partial charge is 0.365 e. The van der Waals surface area contributed by atoms with Gasteiger partial charge < -0.3 is 10.2 Å². The fraction of sp³-hybridized carbons (Fsp3) is 0.353. The Morgan fingerprint density at radius 3 is 2.64 bits per heavy atom. The van der Waals surface area contributed by atoms with Gasteiger partial charge in [-0.15, -0.1) is 0 Å². The first-order chi connectivity index (χ1) is 10.7. The van der Waals surface area contributed by atoms with Crippen LogP contribution in [0.4, 0.5) is 5.82 Å². The Balaban J connectivity index is 1.62. The van der Waals surface area contributed by atoms with Gasteiger partial charge in [0.05, 0.1) is 12.4 Å². The zero-order valence-corrected chi connectivity index (χ0v) is 12.7. The van der Waals surface area contributed by atoms with Crippen LogP contribution in [-0.4, -0.2) is 33.9 Å². The number of amides is 1. The summed E-state index contributed by atoms with van der Waals surface area (Å²) in [5, 5.41) is 3.24. The first-order valence-electron chi connectivity index (χ1n) is 7.64. The summed E-state index contributed by atoms with van der Waals surface area (Å²) >= 11 is 0. The zero-order valence-electron chi connectivity index (χ0n) is 12.7. The number of rotatable bonds is 4. The van der Waals surface area contributed by atoms with Gasteiger partial charge in [0.25, 0.3) is 5.91 Å². The average molecular weight is 296 g/mol. The average Bonchev–Trinajstić information content (AvgIpc) is 3.08. The highest BCUT2D eigenvalue weighted by Crippen LogP contribution is 2.13. The number of carbonyl (C=O) groups excluding carboxylic acids is 1. The van der Waals surface area contributed by atoms with Crippen molar-refractivity contribution in [3.63, 3.8) is 0 Å². The molecule has 5 nitrogen and oxygen atoms in total. The third kappa shape index (κ3) is 3.24. The molecule has 0 spiro atoms. The van der Waals surface area contributed by atoms with Crippen LogP contribution in [0, 0.1) is 6.92 Å². The maximum absolute atomic E-state index is 12.2. The standard InChI is InChI=1S/C17H20N4O/c1-13-6-2-3-7-14(13)10-19-16-12-18-15(11-20-16)17(22)21-8-4-5-9-21/h2-3,6-7,11-12H,4-5,8-10H2,1H3,(H,19,20). The molecule has 0 bridgehead atoms. The third-order valence-electron chi connectivity index (χ3n) is 3.99. The molecule has 0 aliphatic carbocycles. The van der Waals surface area contributed by atoms with Crippen LogP contribution in [0.2, 0.25) is 0 Å². The number of nitrogens with one attached hydrogen (secondary N) is 1. The first kappa shape index (κ1) is 14.5. The highest BCUT2D eigenvalue weighted by Gasteiger charge is 2.20. The predicted octanol–water partition coefficient (Wildman–Crippen LogP) is 2.63. The molecule has 1 aliphatic rings. The summed E-state index contributed by atoms with van der Waals surface area (Å²) in [5.41, 5.74) is 2.88. The molecular formula is C17H20N4O. The first-order valence-corrected chi connectivity index (χ1v) is 7.64. The molecule has 1 aliphatic heterocycles. The second-order valence-corrected chi connectivity index (χ2v) is 5.57. The number of anilines is 1. The van der Waals surface area contributed by atoms with Crippen molar-refractivity contribution in [2.75, 3.05) is 18.4 Å². The van der Waals surface area contributed by atoms with E-state index in [1.54, 1.807) is 12.4 Å². The number of aryl methyl sites for hydroxylation is 1. The van der Waals surface area contributed by atoms with E-state index in [1.807, 2.05) is 17.0 Å². The zero-order chi connectivity index (χ0) is 15.4. The molecule has 1 N–H and O–H groups in total. The molecule has 1 amide bonds. The summed E-state index contributed by atoms with van der Waals surface area (Å²) in [6, 6.07) is 8.21. The molecule has 114 valence electrons. The summed E-state index contributed by atoms with van der Waals surface area (Å²) in [4.78, 5) is 22.6. The molecule has 1 aromatic carbocycles. The Morgan fingerprint density at radius 1 is 1.18 bits per heavy atom. The molecule has 0 atom stereocenters. The monoisotopic (exact) mass is 296 g/mol. The van der Waals surface area contributed by atoms with Crippen molar-refractivity contribution < 1.29 is 4.79 Å². The topological polar surface area (TPSA) is 58.1 Å². The van der Waals surface area contributed by atoms with Crippen molar-refractivity contribution in [3.05, 3.63) is 53.5 Å². The minimum atomic E-state index is -0.0181. The lowest BCUT2D eigenvalue weighted by Crippen LogP contribution is -2.28.